The number of hydrogen-bond acceptors (Lipinski definition) is 2. The Hall–Kier alpha value is -0.760. The van der Waals surface area contributed by atoms with Gasteiger partial charge in [0.2, 0.25) is 0 Å². The average molecular weight is 237 g/mol. The van der Waals surface area contributed by atoms with E-state index in [0.29, 0.717) is 6.04 Å². The lowest BCUT2D eigenvalue weighted by atomic mass is 10.0. The maximum absolute atomic E-state index is 5.48. The molecule has 17 heavy (non-hydrogen) atoms. The lowest BCUT2D eigenvalue weighted by Crippen LogP contribution is -2.20. The molecule has 1 heterocycles. The van der Waals surface area contributed by atoms with Gasteiger partial charge in [0.1, 0.15) is 5.76 Å². The summed E-state index contributed by atoms with van der Waals surface area (Å²) in [6, 6.07) is 4.45. The predicted octanol–water partition coefficient (Wildman–Crippen LogP) is 4.68. The van der Waals surface area contributed by atoms with Crippen molar-refractivity contribution < 1.29 is 4.42 Å². The Bertz CT molecular complexity index is 256. The Morgan fingerprint density at radius 3 is 2.53 bits per heavy atom. The quantitative estimate of drug-likeness (QED) is 0.598. The van der Waals surface area contributed by atoms with Crippen molar-refractivity contribution in [3.63, 3.8) is 0 Å². The summed E-state index contributed by atoms with van der Waals surface area (Å²) in [6.45, 7) is 5.41. The molecule has 1 atom stereocenters. The Balaban J connectivity index is 2.17. The summed E-state index contributed by atoms with van der Waals surface area (Å²) in [7, 11) is 0. The minimum Gasteiger partial charge on any atom is -0.468 e. The van der Waals surface area contributed by atoms with Gasteiger partial charge in [0.25, 0.3) is 0 Å². The van der Waals surface area contributed by atoms with E-state index < -0.39 is 0 Å². The van der Waals surface area contributed by atoms with Gasteiger partial charge in [-0.25, -0.2) is 0 Å². The van der Waals surface area contributed by atoms with E-state index in [1.54, 1.807) is 6.26 Å². The van der Waals surface area contributed by atoms with Crippen molar-refractivity contribution in [1.29, 1.82) is 0 Å². The molecule has 98 valence electrons. The Labute approximate surface area is 106 Å². The highest BCUT2D eigenvalue weighted by molar-refractivity contribution is 5.04. The predicted molar refractivity (Wildman–Crippen MR) is 73.1 cm³/mol. The van der Waals surface area contributed by atoms with Crippen molar-refractivity contribution in [2.45, 2.75) is 64.8 Å². The molecule has 1 aromatic heterocycles. The van der Waals surface area contributed by atoms with Gasteiger partial charge in [0.05, 0.1) is 12.3 Å². The van der Waals surface area contributed by atoms with E-state index in [-0.39, 0.29) is 0 Å². The second kappa shape index (κ2) is 9.29. The fraction of sp³-hybridized carbons (Fsp3) is 0.733. The molecule has 1 aromatic rings. The zero-order valence-electron chi connectivity index (χ0n) is 11.4. The molecule has 1 unspecified atom stereocenters. The van der Waals surface area contributed by atoms with E-state index >= 15 is 0 Å². The molecule has 0 amide bonds. The van der Waals surface area contributed by atoms with E-state index in [4.69, 9.17) is 4.42 Å². The van der Waals surface area contributed by atoms with Crippen molar-refractivity contribution in [2.75, 3.05) is 6.54 Å². The molecule has 0 aliphatic rings. The highest BCUT2D eigenvalue weighted by atomic mass is 16.3. The van der Waals surface area contributed by atoms with Crippen molar-refractivity contribution in [2.24, 2.45) is 0 Å². The summed E-state index contributed by atoms with van der Waals surface area (Å²) in [5, 5.41) is 3.49. The standard InChI is InChI=1S/C15H27NO/c1-3-5-6-7-8-9-11-14(16-4-2)15-12-10-13-17-15/h10,12-14,16H,3-9,11H2,1-2H3. The second-order valence-electron chi connectivity index (χ2n) is 4.68. The van der Waals surface area contributed by atoms with Crippen LogP contribution in [0, 0.1) is 0 Å². The van der Waals surface area contributed by atoms with Gasteiger partial charge in [-0.1, -0.05) is 52.4 Å². The zero-order valence-corrected chi connectivity index (χ0v) is 11.4. The Kier molecular flexibility index (Phi) is 7.81. The largest absolute Gasteiger partial charge is 0.468 e. The third-order valence-electron chi connectivity index (χ3n) is 3.18. The fourth-order valence-electron chi connectivity index (χ4n) is 2.21. The van der Waals surface area contributed by atoms with Crippen molar-refractivity contribution in [1.82, 2.24) is 5.32 Å². The first-order chi connectivity index (χ1) is 8.38. The van der Waals surface area contributed by atoms with E-state index in [1.165, 1.54) is 44.9 Å². The van der Waals surface area contributed by atoms with Crippen LogP contribution in [0.15, 0.2) is 22.8 Å². The highest BCUT2D eigenvalue weighted by Gasteiger charge is 2.11. The summed E-state index contributed by atoms with van der Waals surface area (Å²) in [5.74, 6) is 1.08. The minimum atomic E-state index is 0.404. The molecule has 0 aromatic carbocycles. The normalized spacial score (nSPS) is 12.8. The third-order valence-corrected chi connectivity index (χ3v) is 3.18. The van der Waals surface area contributed by atoms with Crippen LogP contribution in [0.1, 0.15) is 70.6 Å². The van der Waals surface area contributed by atoms with Crippen molar-refractivity contribution >= 4 is 0 Å². The number of hydrogen-bond donors (Lipinski definition) is 1. The molecule has 0 bridgehead atoms. The van der Waals surface area contributed by atoms with Gasteiger partial charge in [-0.3, -0.25) is 0 Å². The molecule has 0 radical (unpaired) electrons. The molecule has 0 saturated carbocycles. The first-order valence-corrected chi connectivity index (χ1v) is 7.15. The van der Waals surface area contributed by atoms with Gasteiger partial charge >= 0.3 is 0 Å². The Morgan fingerprint density at radius 2 is 1.88 bits per heavy atom. The molecule has 0 fully saturated rings. The highest BCUT2D eigenvalue weighted by Crippen LogP contribution is 2.20. The van der Waals surface area contributed by atoms with Crippen LogP contribution in [-0.4, -0.2) is 6.54 Å². The summed E-state index contributed by atoms with van der Waals surface area (Å²) in [6.07, 6.45) is 11.1. The van der Waals surface area contributed by atoms with Crippen LogP contribution in [0.4, 0.5) is 0 Å². The number of nitrogens with one attached hydrogen (secondary N) is 1. The lowest BCUT2D eigenvalue weighted by molar-refractivity contribution is 0.389. The molecule has 1 rings (SSSR count). The number of furan rings is 1. The third kappa shape index (κ3) is 5.92. The summed E-state index contributed by atoms with van der Waals surface area (Å²) in [4.78, 5) is 0. The van der Waals surface area contributed by atoms with Crippen LogP contribution in [0.2, 0.25) is 0 Å². The van der Waals surface area contributed by atoms with Gasteiger partial charge in [-0.2, -0.15) is 0 Å². The molecule has 2 heteroatoms. The fourth-order valence-corrected chi connectivity index (χ4v) is 2.21. The van der Waals surface area contributed by atoms with E-state index in [9.17, 15) is 0 Å². The maximum Gasteiger partial charge on any atom is 0.120 e. The molecule has 1 N–H and O–H groups in total. The van der Waals surface area contributed by atoms with E-state index in [2.05, 4.69) is 25.2 Å². The van der Waals surface area contributed by atoms with Crippen molar-refractivity contribution in [3.05, 3.63) is 24.2 Å². The van der Waals surface area contributed by atoms with Crippen LogP contribution in [-0.2, 0) is 0 Å². The lowest BCUT2D eigenvalue weighted by Gasteiger charge is -2.15. The smallest absolute Gasteiger partial charge is 0.120 e. The summed E-state index contributed by atoms with van der Waals surface area (Å²) >= 11 is 0. The summed E-state index contributed by atoms with van der Waals surface area (Å²) < 4.78 is 5.48. The first kappa shape index (κ1) is 14.3. The molecule has 0 spiro atoms. The minimum absolute atomic E-state index is 0.404. The van der Waals surface area contributed by atoms with Crippen LogP contribution in [0.3, 0.4) is 0 Å². The van der Waals surface area contributed by atoms with Gasteiger partial charge < -0.3 is 9.73 Å². The molecule has 0 aliphatic heterocycles. The second-order valence-corrected chi connectivity index (χ2v) is 4.68. The van der Waals surface area contributed by atoms with Gasteiger partial charge in [0, 0.05) is 0 Å². The summed E-state index contributed by atoms with van der Waals surface area (Å²) in [5.41, 5.74) is 0. The van der Waals surface area contributed by atoms with Gasteiger partial charge in [-0.15, -0.1) is 0 Å². The molecular weight excluding hydrogens is 210 g/mol. The van der Waals surface area contributed by atoms with E-state index in [0.717, 1.165) is 12.3 Å². The van der Waals surface area contributed by atoms with Gasteiger partial charge in [0.15, 0.2) is 0 Å². The molecule has 2 nitrogen and oxygen atoms in total. The van der Waals surface area contributed by atoms with Crippen LogP contribution < -0.4 is 5.32 Å². The number of unbranched alkanes of at least 4 members (excludes halogenated alkanes) is 5. The van der Waals surface area contributed by atoms with Gasteiger partial charge in [-0.05, 0) is 25.1 Å². The topological polar surface area (TPSA) is 25.2 Å². The van der Waals surface area contributed by atoms with E-state index in [1.807, 2.05) is 6.07 Å². The van der Waals surface area contributed by atoms with Crippen LogP contribution in [0.25, 0.3) is 0 Å². The molecular formula is C15H27NO. The first-order valence-electron chi connectivity index (χ1n) is 7.15. The average Bonchev–Trinajstić information content (AvgIpc) is 2.86. The zero-order chi connectivity index (χ0) is 12.3. The maximum atomic E-state index is 5.48. The SMILES string of the molecule is CCCCCCCCC(NCC)c1ccco1. The molecule has 0 aliphatic carbocycles. The Morgan fingerprint density at radius 1 is 1.12 bits per heavy atom. The van der Waals surface area contributed by atoms with Crippen LogP contribution in [0.5, 0.6) is 0 Å². The monoisotopic (exact) mass is 237 g/mol. The molecule has 0 saturated heterocycles. The number of rotatable bonds is 10. The van der Waals surface area contributed by atoms with Crippen LogP contribution >= 0.6 is 0 Å². The van der Waals surface area contributed by atoms with Crippen molar-refractivity contribution in [3.8, 4) is 0 Å².